The minimum absolute atomic E-state index is 0.441. The van der Waals surface area contributed by atoms with Crippen molar-refractivity contribution in [2.75, 3.05) is 19.6 Å². The number of fused-ring (bicyclic) bond motifs is 1. The minimum atomic E-state index is -0.441. The number of nitrogens with zero attached hydrogens (tertiary/aromatic N) is 3. The lowest BCUT2D eigenvalue weighted by molar-refractivity contribution is 0.0700. The molecular weight excluding hydrogens is 274 g/mol. The van der Waals surface area contributed by atoms with Crippen LogP contribution in [0.25, 0.3) is 11.0 Å². The zero-order valence-corrected chi connectivity index (χ0v) is 14.1. The van der Waals surface area contributed by atoms with Crippen LogP contribution in [-0.2, 0) is 7.05 Å². The maximum atomic E-state index is 10.6. The van der Waals surface area contributed by atoms with E-state index in [1.54, 1.807) is 0 Å². The highest BCUT2D eigenvalue weighted by Crippen LogP contribution is 2.25. The standard InChI is InChI=1S/C18H27N3O/c1-12-7-13(2)10-21(9-12)11-18(22)15-5-6-17-16(8-15)19-14(3)20(17)4/h5-6,8,12-13,18,22H,7,9-11H2,1-4H3. The summed E-state index contributed by atoms with van der Waals surface area (Å²) in [6.45, 7) is 9.51. The van der Waals surface area contributed by atoms with Crippen LogP contribution in [0.15, 0.2) is 18.2 Å². The van der Waals surface area contributed by atoms with Gasteiger partial charge in [0, 0.05) is 26.7 Å². The van der Waals surface area contributed by atoms with Gasteiger partial charge >= 0.3 is 0 Å². The maximum Gasteiger partial charge on any atom is 0.106 e. The van der Waals surface area contributed by atoms with Crippen LogP contribution >= 0.6 is 0 Å². The van der Waals surface area contributed by atoms with Gasteiger partial charge in [-0.2, -0.15) is 0 Å². The molecule has 120 valence electrons. The number of hydrogen-bond donors (Lipinski definition) is 1. The van der Waals surface area contributed by atoms with E-state index in [0.717, 1.165) is 47.3 Å². The molecule has 22 heavy (non-hydrogen) atoms. The lowest BCUT2D eigenvalue weighted by atomic mass is 9.91. The van der Waals surface area contributed by atoms with Crippen molar-refractivity contribution in [1.29, 1.82) is 0 Å². The lowest BCUT2D eigenvalue weighted by Crippen LogP contribution is -2.40. The fourth-order valence-corrected chi connectivity index (χ4v) is 3.84. The topological polar surface area (TPSA) is 41.3 Å². The van der Waals surface area contributed by atoms with E-state index in [1.807, 2.05) is 26.1 Å². The average molecular weight is 301 g/mol. The Labute approximate surface area is 132 Å². The van der Waals surface area contributed by atoms with Crippen molar-refractivity contribution in [2.45, 2.75) is 33.3 Å². The number of imidazole rings is 1. The Balaban J connectivity index is 1.75. The maximum absolute atomic E-state index is 10.6. The van der Waals surface area contributed by atoms with Crippen LogP contribution < -0.4 is 0 Å². The molecule has 1 aromatic carbocycles. The summed E-state index contributed by atoms with van der Waals surface area (Å²) in [4.78, 5) is 6.97. The number of likely N-dealkylation sites (tertiary alicyclic amines) is 1. The highest BCUT2D eigenvalue weighted by Gasteiger charge is 2.24. The molecule has 1 aromatic heterocycles. The smallest absolute Gasteiger partial charge is 0.106 e. The number of hydrogen-bond acceptors (Lipinski definition) is 3. The number of rotatable bonds is 3. The van der Waals surface area contributed by atoms with Gasteiger partial charge in [-0.05, 0) is 42.9 Å². The van der Waals surface area contributed by atoms with Gasteiger partial charge in [0.1, 0.15) is 5.82 Å². The van der Waals surface area contributed by atoms with Crippen molar-refractivity contribution in [2.24, 2.45) is 18.9 Å². The average Bonchev–Trinajstić information content (AvgIpc) is 2.72. The van der Waals surface area contributed by atoms with Crippen LogP contribution in [0.4, 0.5) is 0 Å². The van der Waals surface area contributed by atoms with Gasteiger partial charge in [-0.1, -0.05) is 19.9 Å². The number of β-amino-alcohol motifs (C(OH)–C–C–N with tert-alkyl or cyclic N) is 1. The molecule has 0 amide bonds. The number of aromatic nitrogens is 2. The second-order valence-electron chi connectivity index (χ2n) is 7.15. The molecule has 0 aliphatic carbocycles. The highest BCUT2D eigenvalue weighted by atomic mass is 16.3. The number of aryl methyl sites for hydroxylation is 2. The van der Waals surface area contributed by atoms with Crippen LogP contribution in [0.3, 0.4) is 0 Å². The SMILES string of the molecule is Cc1nc2cc(C(O)CN3CC(C)CC(C)C3)ccc2n1C. The molecule has 3 rings (SSSR count). The first-order valence-corrected chi connectivity index (χ1v) is 8.27. The Morgan fingerprint density at radius 1 is 1.27 bits per heavy atom. The number of aliphatic hydroxyl groups excluding tert-OH is 1. The van der Waals surface area contributed by atoms with Gasteiger partial charge in [0.25, 0.3) is 0 Å². The van der Waals surface area contributed by atoms with Crippen LogP contribution in [-0.4, -0.2) is 39.2 Å². The fourth-order valence-electron chi connectivity index (χ4n) is 3.84. The van der Waals surface area contributed by atoms with Crippen molar-refractivity contribution in [3.05, 3.63) is 29.6 Å². The highest BCUT2D eigenvalue weighted by molar-refractivity contribution is 5.76. The Hall–Kier alpha value is -1.39. The predicted octanol–water partition coefficient (Wildman–Crippen LogP) is 2.89. The number of piperidine rings is 1. The summed E-state index contributed by atoms with van der Waals surface area (Å²) in [6, 6.07) is 6.13. The molecule has 0 spiro atoms. The third-order valence-electron chi connectivity index (χ3n) is 4.89. The Morgan fingerprint density at radius 3 is 2.64 bits per heavy atom. The molecule has 0 radical (unpaired) electrons. The summed E-state index contributed by atoms with van der Waals surface area (Å²) in [5, 5.41) is 10.6. The quantitative estimate of drug-likeness (QED) is 0.948. The third-order valence-corrected chi connectivity index (χ3v) is 4.89. The van der Waals surface area contributed by atoms with Crippen LogP contribution in [0.1, 0.15) is 37.8 Å². The van der Waals surface area contributed by atoms with Crippen LogP contribution in [0.2, 0.25) is 0 Å². The van der Waals surface area contributed by atoms with E-state index in [1.165, 1.54) is 6.42 Å². The second kappa shape index (κ2) is 6.01. The largest absolute Gasteiger partial charge is 0.387 e. The fraction of sp³-hybridized carbons (Fsp3) is 0.611. The summed E-state index contributed by atoms with van der Waals surface area (Å²) >= 11 is 0. The van der Waals surface area contributed by atoms with Gasteiger partial charge < -0.3 is 9.67 Å². The van der Waals surface area contributed by atoms with Crippen molar-refractivity contribution >= 4 is 11.0 Å². The summed E-state index contributed by atoms with van der Waals surface area (Å²) < 4.78 is 2.08. The lowest BCUT2D eigenvalue weighted by Gasteiger charge is -2.36. The first-order valence-electron chi connectivity index (χ1n) is 8.27. The molecule has 2 aromatic rings. The molecule has 2 heterocycles. The van der Waals surface area contributed by atoms with Crippen LogP contribution in [0.5, 0.6) is 0 Å². The van der Waals surface area contributed by atoms with E-state index in [-0.39, 0.29) is 0 Å². The van der Waals surface area contributed by atoms with Crippen LogP contribution in [0, 0.1) is 18.8 Å². The van der Waals surface area contributed by atoms with Crippen molar-refractivity contribution < 1.29 is 5.11 Å². The molecule has 1 aliphatic heterocycles. The van der Waals surface area contributed by atoms with E-state index in [2.05, 4.69) is 34.4 Å². The summed E-state index contributed by atoms with van der Waals surface area (Å²) in [7, 11) is 2.03. The first-order chi connectivity index (χ1) is 10.4. The van der Waals surface area contributed by atoms with Crippen molar-refractivity contribution in [1.82, 2.24) is 14.5 Å². The van der Waals surface area contributed by atoms with E-state index in [0.29, 0.717) is 6.54 Å². The molecule has 4 heteroatoms. The molecule has 0 saturated carbocycles. The van der Waals surface area contributed by atoms with Gasteiger partial charge in [-0.15, -0.1) is 0 Å². The Morgan fingerprint density at radius 2 is 1.95 bits per heavy atom. The summed E-state index contributed by atoms with van der Waals surface area (Å²) in [5.74, 6) is 2.44. The molecule has 3 atom stereocenters. The third kappa shape index (κ3) is 3.03. The molecule has 1 aliphatic rings. The first kappa shape index (κ1) is 15.5. The molecule has 4 nitrogen and oxygen atoms in total. The van der Waals surface area contributed by atoms with Crippen molar-refractivity contribution in [3.63, 3.8) is 0 Å². The van der Waals surface area contributed by atoms with Crippen molar-refractivity contribution in [3.8, 4) is 0 Å². The van der Waals surface area contributed by atoms with Gasteiger partial charge in [-0.3, -0.25) is 4.90 Å². The second-order valence-corrected chi connectivity index (χ2v) is 7.15. The number of benzene rings is 1. The number of aliphatic hydroxyl groups is 1. The Bertz CT molecular complexity index is 654. The van der Waals surface area contributed by atoms with Gasteiger partial charge in [0.2, 0.25) is 0 Å². The minimum Gasteiger partial charge on any atom is -0.387 e. The summed E-state index contributed by atoms with van der Waals surface area (Å²) in [5.41, 5.74) is 3.06. The molecule has 0 bridgehead atoms. The normalized spacial score (nSPS) is 24.8. The van der Waals surface area contributed by atoms with E-state index >= 15 is 0 Å². The molecule has 1 saturated heterocycles. The summed E-state index contributed by atoms with van der Waals surface area (Å²) in [6.07, 6.45) is 0.857. The predicted molar refractivity (Wildman–Crippen MR) is 89.8 cm³/mol. The zero-order valence-electron chi connectivity index (χ0n) is 14.1. The molecular formula is C18H27N3O. The van der Waals surface area contributed by atoms with Gasteiger partial charge in [0.05, 0.1) is 17.1 Å². The monoisotopic (exact) mass is 301 g/mol. The molecule has 1 fully saturated rings. The van der Waals surface area contributed by atoms with E-state index in [9.17, 15) is 5.11 Å². The molecule has 1 N–H and O–H groups in total. The zero-order chi connectivity index (χ0) is 15.9. The molecule has 3 unspecified atom stereocenters. The Kier molecular flexibility index (Phi) is 4.24. The van der Waals surface area contributed by atoms with E-state index < -0.39 is 6.10 Å². The van der Waals surface area contributed by atoms with Gasteiger partial charge in [-0.25, -0.2) is 4.98 Å². The van der Waals surface area contributed by atoms with Gasteiger partial charge in [0.15, 0.2) is 0 Å². The van der Waals surface area contributed by atoms with E-state index in [4.69, 9.17) is 0 Å².